The average Bonchev–Trinajstić information content (AvgIpc) is 3.17. The normalized spacial score (nSPS) is 20.7. The molecule has 4 rings (SSSR count). The van der Waals surface area contributed by atoms with Gasteiger partial charge in [0.25, 0.3) is 0 Å². The molecule has 5 heteroatoms. The van der Waals surface area contributed by atoms with Crippen LogP contribution in [0.5, 0.6) is 0 Å². The van der Waals surface area contributed by atoms with Crippen LogP contribution in [0, 0.1) is 5.82 Å². The number of hydrogen-bond donors (Lipinski definition) is 1. The molecule has 1 aliphatic heterocycles. The molecular formula is C21H20FNO3. The molecule has 0 spiro atoms. The summed E-state index contributed by atoms with van der Waals surface area (Å²) in [4.78, 5) is 13.9. The molecule has 1 aromatic heterocycles. The first kappa shape index (κ1) is 16.8. The van der Waals surface area contributed by atoms with Gasteiger partial charge in [-0.25, -0.2) is 9.18 Å². The van der Waals surface area contributed by atoms with Crippen molar-refractivity contribution in [2.45, 2.75) is 31.8 Å². The van der Waals surface area contributed by atoms with Crippen molar-refractivity contribution in [3.05, 3.63) is 71.2 Å². The van der Waals surface area contributed by atoms with E-state index in [1.54, 1.807) is 6.07 Å². The third-order valence-electron chi connectivity index (χ3n) is 5.30. The second kappa shape index (κ2) is 6.57. The fraction of sp³-hybridized carbons (Fsp3) is 0.286. The number of nitrogens with zero attached hydrogens (tertiary/aromatic N) is 1. The molecule has 2 atom stereocenters. The van der Waals surface area contributed by atoms with Crippen molar-refractivity contribution in [2.24, 2.45) is 0 Å². The molecule has 0 amide bonds. The monoisotopic (exact) mass is 353 g/mol. The summed E-state index contributed by atoms with van der Waals surface area (Å²) < 4.78 is 18.7. The van der Waals surface area contributed by atoms with E-state index < -0.39 is 5.97 Å². The molecule has 134 valence electrons. The SMILES string of the molecule is CC1CC(c2ccc(F)cc2)CN1Cc1c(C(=O)O)oc2ccccc12. The van der Waals surface area contributed by atoms with Crippen LogP contribution in [0.3, 0.4) is 0 Å². The van der Waals surface area contributed by atoms with E-state index in [2.05, 4.69) is 11.8 Å². The lowest BCUT2D eigenvalue weighted by Gasteiger charge is -2.20. The first-order valence-corrected chi connectivity index (χ1v) is 8.76. The average molecular weight is 353 g/mol. The first-order valence-electron chi connectivity index (χ1n) is 8.76. The molecule has 0 bridgehead atoms. The highest BCUT2D eigenvalue weighted by molar-refractivity contribution is 5.95. The van der Waals surface area contributed by atoms with Crippen molar-refractivity contribution in [1.29, 1.82) is 0 Å². The van der Waals surface area contributed by atoms with Crippen molar-refractivity contribution >= 4 is 16.9 Å². The zero-order chi connectivity index (χ0) is 18.3. The number of rotatable bonds is 4. The summed E-state index contributed by atoms with van der Waals surface area (Å²) in [5, 5.41) is 10.4. The minimum atomic E-state index is -1.04. The van der Waals surface area contributed by atoms with Crippen molar-refractivity contribution in [3.63, 3.8) is 0 Å². The van der Waals surface area contributed by atoms with E-state index in [1.165, 1.54) is 12.1 Å². The maximum atomic E-state index is 13.2. The van der Waals surface area contributed by atoms with Crippen LogP contribution in [0.25, 0.3) is 11.0 Å². The van der Waals surface area contributed by atoms with Crippen molar-refractivity contribution in [3.8, 4) is 0 Å². The van der Waals surface area contributed by atoms with E-state index in [9.17, 15) is 14.3 Å². The number of carbonyl (C=O) groups is 1. The van der Waals surface area contributed by atoms with Crippen molar-refractivity contribution in [2.75, 3.05) is 6.54 Å². The smallest absolute Gasteiger partial charge is 0.372 e. The predicted molar refractivity (Wildman–Crippen MR) is 96.8 cm³/mol. The van der Waals surface area contributed by atoms with Crippen LogP contribution in [0.1, 0.15) is 40.9 Å². The second-order valence-electron chi connectivity index (χ2n) is 6.97. The maximum absolute atomic E-state index is 13.2. The number of halogens is 1. The number of likely N-dealkylation sites (tertiary alicyclic amines) is 1. The van der Waals surface area contributed by atoms with Gasteiger partial charge in [0.2, 0.25) is 5.76 Å². The molecule has 1 aliphatic rings. The zero-order valence-corrected chi connectivity index (χ0v) is 14.5. The molecule has 26 heavy (non-hydrogen) atoms. The van der Waals surface area contributed by atoms with Crippen LogP contribution in [0.2, 0.25) is 0 Å². The maximum Gasteiger partial charge on any atom is 0.372 e. The largest absolute Gasteiger partial charge is 0.475 e. The van der Waals surface area contributed by atoms with Gasteiger partial charge in [0.15, 0.2) is 0 Å². The van der Waals surface area contributed by atoms with Gasteiger partial charge in [-0.15, -0.1) is 0 Å². The van der Waals surface area contributed by atoms with Gasteiger partial charge in [-0.2, -0.15) is 0 Å². The molecular weight excluding hydrogens is 333 g/mol. The Labute approximate surface area is 150 Å². The molecule has 2 unspecified atom stereocenters. The van der Waals surface area contributed by atoms with Gasteiger partial charge >= 0.3 is 5.97 Å². The molecule has 4 nitrogen and oxygen atoms in total. The quantitative estimate of drug-likeness (QED) is 0.742. The van der Waals surface area contributed by atoms with Crippen LogP contribution in [0.4, 0.5) is 4.39 Å². The molecule has 0 radical (unpaired) electrons. The molecule has 0 aliphatic carbocycles. The summed E-state index contributed by atoms with van der Waals surface area (Å²) in [6.07, 6.45) is 0.962. The van der Waals surface area contributed by atoms with Crippen LogP contribution < -0.4 is 0 Å². The van der Waals surface area contributed by atoms with E-state index in [0.717, 1.165) is 29.5 Å². The van der Waals surface area contributed by atoms with E-state index in [1.807, 2.05) is 30.3 Å². The summed E-state index contributed by atoms with van der Waals surface area (Å²) in [5.41, 5.74) is 2.44. The Kier molecular flexibility index (Phi) is 4.24. The van der Waals surface area contributed by atoms with Crippen LogP contribution >= 0.6 is 0 Å². The fourth-order valence-corrected chi connectivity index (χ4v) is 3.93. The Morgan fingerprint density at radius 2 is 1.96 bits per heavy atom. The van der Waals surface area contributed by atoms with E-state index in [4.69, 9.17) is 4.42 Å². The number of fused-ring (bicyclic) bond motifs is 1. The highest BCUT2D eigenvalue weighted by Gasteiger charge is 2.32. The highest BCUT2D eigenvalue weighted by atomic mass is 19.1. The first-order chi connectivity index (χ1) is 12.5. The number of benzene rings is 2. The van der Waals surface area contributed by atoms with Gasteiger partial charge in [0.05, 0.1) is 0 Å². The topological polar surface area (TPSA) is 53.7 Å². The molecule has 2 heterocycles. The van der Waals surface area contributed by atoms with E-state index in [-0.39, 0.29) is 11.6 Å². The Morgan fingerprint density at radius 3 is 2.69 bits per heavy atom. The Hall–Kier alpha value is -2.66. The number of aromatic carboxylic acids is 1. The molecule has 0 saturated carbocycles. The summed E-state index contributed by atoms with van der Waals surface area (Å²) in [6.45, 7) is 3.48. The number of hydrogen-bond acceptors (Lipinski definition) is 3. The lowest BCUT2D eigenvalue weighted by Crippen LogP contribution is -2.27. The minimum Gasteiger partial charge on any atom is -0.475 e. The zero-order valence-electron chi connectivity index (χ0n) is 14.5. The van der Waals surface area contributed by atoms with E-state index in [0.29, 0.717) is 24.1 Å². The third-order valence-corrected chi connectivity index (χ3v) is 5.30. The van der Waals surface area contributed by atoms with Gasteiger partial charge in [0, 0.05) is 30.1 Å². The molecule has 3 aromatic rings. The van der Waals surface area contributed by atoms with Crippen LogP contribution in [-0.2, 0) is 6.54 Å². The highest BCUT2D eigenvalue weighted by Crippen LogP contribution is 2.35. The van der Waals surface area contributed by atoms with Crippen LogP contribution in [-0.4, -0.2) is 28.6 Å². The standard InChI is InChI=1S/C21H20FNO3/c1-13-10-15(14-6-8-16(22)9-7-14)11-23(13)12-18-17-4-2-3-5-19(17)26-20(18)21(24)25/h2-9,13,15H,10-12H2,1H3,(H,24,25). The second-order valence-corrected chi connectivity index (χ2v) is 6.97. The Morgan fingerprint density at radius 1 is 1.23 bits per heavy atom. The molecule has 1 saturated heterocycles. The number of furan rings is 1. The van der Waals surface area contributed by atoms with Gasteiger partial charge < -0.3 is 9.52 Å². The van der Waals surface area contributed by atoms with Crippen molar-refractivity contribution < 1.29 is 18.7 Å². The number of carboxylic acids is 1. The summed E-state index contributed by atoms with van der Waals surface area (Å²) in [5.74, 6) is -0.938. The third kappa shape index (κ3) is 2.99. The van der Waals surface area contributed by atoms with Gasteiger partial charge in [-0.3, -0.25) is 4.90 Å². The predicted octanol–water partition coefficient (Wildman–Crippen LogP) is 4.65. The molecule has 2 aromatic carbocycles. The van der Waals surface area contributed by atoms with Gasteiger partial charge in [-0.05, 0) is 43.0 Å². The summed E-state index contributed by atoms with van der Waals surface area (Å²) >= 11 is 0. The van der Waals surface area contributed by atoms with E-state index >= 15 is 0 Å². The molecule has 1 N–H and O–H groups in total. The van der Waals surface area contributed by atoms with Crippen molar-refractivity contribution in [1.82, 2.24) is 4.90 Å². The fourth-order valence-electron chi connectivity index (χ4n) is 3.93. The Bertz CT molecular complexity index is 948. The van der Waals surface area contributed by atoms with Gasteiger partial charge in [0.1, 0.15) is 11.4 Å². The lowest BCUT2D eigenvalue weighted by molar-refractivity contribution is 0.0661. The lowest BCUT2D eigenvalue weighted by atomic mass is 9.97. The number of para-hydroxylation sites is 1. The van der Waals surface area contributed by atoms with Gasteiger partial charge in [-0.1, -0.05) is 30.3 Å². The number of carboxylic acid groups (broad SMARTS) is 1. The minimum absolute atomic E-state index is 0.0173. The Balaban J connectivity index is 1.61. The molecule has 1 fully saturated rings. The summed E-state index contributed by atoms with van der Waals surface area (Å²) in [7, 11) is 0. The summed E-state index contributed by atoms with van der Waals surface area (Å²) in [6, 6.07) is 14.4. The van der Waals surface area contributed by atoms with Crippen LogP contribution in [0.15, 0.2) is 52.9 Å².